The van der Waals surface area contributed by atoms with Gasteiger partial charge < -0.3 is 24.6 Å². The summed E-state index contributed by atoms with van der Waals surface area (Å²) in [6, 6.07) is 18.9. The molecule has 1 heterocycles. The van der Waals surface area contributed by atoms with Gasteiger partial charge in [0.1, 0.15) is 5.75 Å². The van der Waals surface area contributed by atoms with Crippen molar-refractivity contribution >= 4 is 27.6 Å². The lowest BCUT2D eigenvalue weighted by Gasteiger charge is -2.36. The van der Waals surface area contributed by atoms with Crippen molar-refractivity contribution in [3.8, 4) is 5.75 Å². The van der Waals surface area contributed by atoms with E-state index in [1.54, 1.807) is 66.4 Å². The Labute approximate surface area is 283 Å². The standard InChI is InChI=1S/C36H47N3O8S/c1-25-21-39(26(2)24-40)35(41)32-20-30(37-48(44,45)31-11-6-5-7-12-31)17-18-33(32)47-27(3)10-8-9-19-46-34(25)23-38(4)22-28-13-15-29(16-14-28)36(42)43/h5-7,11-18,20,25-27,34,37,40H,8-10,19,21-24H2,1-4H3,(H,42,43)/t25-,26+,27-,34-/m1/s1. The van der Waals surface area contributed by atoms with E-state index in [1.807, 2.05) is 20.9 Å². The van der Waals surface area contributed by atoms with Crippen LogP contribution in [0.5, 0.6) is 5.75 Å². The number of anilines is 1. The smallest absolute Gasteiger partial charge is 0.335 e. The average molecular weight is 682 g/mol. The summed E-state index contributed by atoms with van der Waals surface area (Å²) in [4.78, 5) is 29.4. The summed E-state index contributed by atoms with van der Waals surface area (Å²) in [6.07, 6.45) is 1.92. The van der Waals surface area contributed by atoms with E-state index in [9.17, 15) is 28.2 Å². The second-order valence-electron chi connectivity index (χ2n) is 12.6. The maximum absolute atomic E-state index is 14.4. The largest absolute Gasteiger partial charge is 0.490 e. The number of hydrogen-bond acceptors (Lipinski definition) is 8. The van der Waals surface area contributed by atoms with Gasteiger partial charge >= 0.3 is 5.97 Å². The Morgan fingerprint density at radius 2 is 1.77 bits per heavy atom. The first kappa shape index (κ1) is 36.9. The van der Waals surface area contributed by atoms with Crippen molar-refractivity contribution in [2.75, 3.05) is 38.1 Å². The van der Waals surface area contributed by atoms with Gasteiger partial charge in [0.25, 0.3) is 15.9 Å². The molecule has 1 aliphatic rings. The van der Waals surface area contributed by atoms with Gasteiger partial charge in [-0.2, -0.15) is 0 Å². The SMILES string of the molecule is C[C@@H]1CCCCO[C@H](CN(C)Cc2ccc(C(=O)O)cc2)[C@H](C)CN([C@@H](C)CO)C(=O)c2cc(NS(=O)(=O)c3ccccc3)ccc2O1. The fourth-order valence-electron chi connectivity index (χ4n) is 5.70. The van der Waals surface area contributed by atoms with E-state index in [-0.39, 0.29) is 53.0 Å². The molecule has 260 valence electrons. The Hall–Kier alpha value is -3.97. The van der Waals surface area contributed by atoms with Crippen LogP contribution in [0.2, 0.25) is 0 Å². The third-order valence-electron chi connectivity index (χ3n) is 8.50. The van der Waals surface area contributed by atoms with Gasteiger partial charge in [0, 0.05) is 37.8 Å². The van der Waals surface area contributed by atoms with E-state index in [0.29, 0.717) is 25.4 Å². The first-order valence-electron chi connectivity index (χ1n) is 16.3. The highest BCUT2D eigenvalue weighted by Gasteiger charge is 2.30. The molecule has 3 aromatic rings. The predicted octanol–water partition coefficient (Wildman–Crippen LogP) is 5.11. The quantitative estimate of drug-likeness (QED) is 0.266. The minimum absolute atomic E-state index is 0.0962. The molecule has 0 saturated carbocycles. The number of aliphatic hydroxyl groups excluding tert-OH is 1. The molecule has 1 aliphatic heterocycles. The van der Waals surface area contributed by atoms with Crippen molar-refractivity contribution in [1.29, 1.82) is 0 Å². The molecular formula is C36H47N3O8S. The number of carboxylic acids is 1. The van der Waals surface area contributed by atoms with E-state index in [4.69, 9.17) is 9.47 Å². The maximum atomic E-state index is 14.4. The number of aliphatic hydroxyl groups is 1. The summed E-state index contributed by atoms with van der Waals surface area (Å²) in [7, 11) is -1.94. The molecule has 11 nitrogen and oxygen atoms in total. The van der Waals surface area contributed by atoms with Crippen LogP contribution >= 0.6 is 0 Å². The molecule has 12 heteroatoms. The van der Waals surface area contributed by atoms with E-state index >= 15 is 0 Å². The molecule has 3 N–H and O–H groups in total. The molecule has 0 spiro atoms. The summed E-state index contributed by atoms with van der Waals surface area (Å²) in [6.45, 7) is 7.37. The molecule has 4 atom stereocenters. The Morgan fingerprint density at radius 3 is 2.44 bits per heavy atom. The number of carboxylic acid groups (broad SMARTS) is 1. The number of nitrogens with one attached hydrogen (secondary N) is 1. The fraction of sp³-hybridized carbons (Fsp3) is 0.444. The number of likely N-dealkylation sites (N-methyl/N-ethyl adjacent to an activating group) is 1. The van der Waals surface area contributed by atoms with E-state index in [2.05, 4.69) is 9.62 Å². The first-order chi connectivity index (χ1) is 22.9. The molecule has 0 unspecified atom stereocenters. The minimum Gasteiger partial charge on any atom is -0.490 e. The number of aromatic carboxylic acids is 1. The van der Waals surface area contributed by atoms with Crippen LogP contribution in [0.15, 0.2) is 77.7 Å². The Morgan fingerprint density at radius 1 is 1.06 bits per heavy atom. The van der Waals surface area contributed by atoms with E-state index in [1.165, 1.54) is 18.2 Å². The molecule has 3 aromatic carbocycles. The highest BCUT2D eigenvalue weighted by molar-refractivity contribution is 7.92. The molecule has 4 rings (SSSR count). The summed E-state index contributed by atoms with van der Waals surface area (Å²) in [5.74, 6) is -1.17. The highest BCUT2D eigenvalue weighted by Crippen LogP contribution is 2.29. The fourth-order valence-corrected chi connectivity index (χ4v) is 6.77. The number of hydrogen-bond donors (Lipinski definition) is 3. The Kier molecular flexibility index (Phi) is 13.0. The van der Waals surface area contributed by atoms with Crippen molar-refractivity contribution < 1.29 is 37.7 Å². The molecule has 0 bridgehead atoms. The lowest BCUT2D eigenvalue weighted by molar-refractivity contribution is -0.0177. The summed E-state index contributed by atoms with van der Waals surface area (Å²) in [5.41, 5.74) is 1.60. The van der Waals surface area contributed by atoms with Gasteiger partial charge in [-0.1, -0.05) is 37.3 Å². The number of nitrogens with zero attached hydrogens (tertiary/aromatic N) is 2. The molecule has 0 aromatic heterocycles. The number of ether oxygens (including phenoxy) is 2. The number of amides is 1. The maximum Gasteiger partial charge on any atom is 0.335 e. The molecule has 0 aliphatic carbocycles. The molecule has 0 radical (unpaired) electrons. The third kappa shape index (κ3) is 10.0. The predicted molar refractivity (Wildman–Crippen MR) is 184 cm³/mol. The molecule has 48 heavy (non-hydrogen) atoms. The van der Waals surface area contributed by atoms with Crippen LogP contribution in [0.25, 0.3) is 0 Å². The third-order valence-corrected chi connectivity index (χ3v) is 9.90. The minimum atomic E-state index is -3.91. The zero-order valence-corrected chi connectivity index (χ0v) is 28.9. The molecule has 0 saturated heterocycles. The number of fused-ring (bicyclic) bond motifs is 1. The van der Waals surface area contributed by atoms with Gasteiger partial charge in [-0.05, 0) is 88.2 Å². The lowest BCUT2D eigenvalue weighted by atomic mass is 10.0. The van der Waals surface area contributed by atoms with Crippen LogP contribution < -0.4 is 9.46 Å². The monoisotopic (exact) mass is 681 g/mol. The lowest BCUT2D eigenvalue weighted by Crippen LogP contribution is -2.47. The number of carbonyl (C=O) groups excluding carboxylic acids is 1. The summed E-state index contributed by atoms with van der Waals surface area (Å²) in [5, 5.41) is 19.5. The zero-order valence-electron chi connectivity index (χ0n) is 28.0. The molecular weight excluding hydrogens is 634 g/mol. The van der Waals surface area contributed by atoms with Gasteiger partial charge in [-0.25, -0.2) is 13.2 Å². The van der Waals surface area contributed by atoms with Crippen molar-refractivity contribution in [2.45, 2.75) is 69.7 Å². The van der Waals surface area contributed by atoms with Crippen LogP contribution in [0.1, 0.15) is 66.3 Å². The number of sulfonamides is 1. The summed E-state index contributed by atoms with van der Waals surface area (Å²) >= 11 is 0. The topological polar surface area (TPSA) is 146 Å². The van der Waals surface area contributed by atoms with Crippen molar-refractivity contribution in [1.82, 2.24) is 9.80 Å². The molecule has 1 amide bonds. The van der Waals surface area contributed by atoms with Crippen molar-refractivity contribution in [2.24, 2.45) is 5.92 Å². The number of rotatable bonds is 10. The van der Waals surface area contributed by atoms with Crippen LogP contribution in [-0.4, -0.2) is 91.9 Å². The zero-order chi connectivity index (χ0) is 34.8. The normalized spacial score (nSPS) is 20.3. The average Bonchev–Trinajstić information content (AvgIpc) is 3.06. The van der Waals surface area contributed by atoms with Crippen LogP contribution in [-0.2, 0) is 21.3 Å². The van der Waals surface area contributed by atoms with Gasteiger partial charge in [-0.3, -0.25) is 14.4 Å². The van der Waals surface area contributed by atoms with Gasteiger partial charge in [-0.15, -0.1) is 0 Å². The van der Waals surface area contributed by atoms with Gasteiger partial charge in [0.15, 0.2) is 0 Å². The van der Waals surface area contributed by atoms with Crippen molar-refractivity contribution in [3.05, 3.63) is 89.5 Å². The van der Waals surface area contributed by atoms with Gasteiger partial charge in [0.05, 0.1) is 40.9 Å². The van der Waals surface area contributed by atoms with Crippen molar-refractivity contribution in [3.63, 3.8) is 0 Å². The first-order valence-corrected chi connectivity index (χ1v) is 17.8. The summed E-state index contributed by atoms with van der Waals surface area (Å²) < 4.78 is 41.5. The molecule has 0 fully saturated rings. The number of carbonyl (C=O) groups is 2. The second-order valence-corrected chi connectivity index (χ2v) is 14.3. The highest BCUT2D eigenvalue weighted by atomic mass is 32.2. The number of benzene rings is 3. The van der Waals surface area contributed by atoms with Gasteiger partial charge in [0.2, 0.25) is 0 Å². The Bertz CT molecular complexity index is 1620. The van der Waals surface area contributed by atoms with E-state index in [0.717, 1.165) is 24.8 Å². The van der Waals surface area contributed by atoms with E-state index < -0.39 is 27.9 Å². The van der Waals surface area contributed by atoms with Crippen LogP contribution in [0.4, 0.5) is 5.69 Å². The second kappa shape index (κ2) is 16.9. The Balaban J connectivity index is 1.61. The van der Waals surface area contributed by atoms with Crippen LogP contribution in [0.3, 0.4) is 0 Å². The van der Waals surface area contributed by atoms with Crippen LogP contribution in [0, 0.1) is 5.92 Å².